The Kier molecular flexibility index (Phi) is 5.46. The van der Waals surface area contributed by atoms with Crippen molar-refractivity contribution >= 4 is 17.7 Å². The van der Waals surface area contributed by atoms with Crippen LogP contribution in [0.2, 0.25) is 0 Å². The largest absolute Gasteiger partial charge is 0.357 e. The molecule has 2 aliphatic heterocycles. The van der Waals surface area contributed by atoms with E-state index in [-0.39, 0.29) is 5.91 Å². The molecule has 0 saturated carbocycles. The zero-order valence-corrected chi connectivity index (χ0v) is 15.6. The highest BCUT2D eigenvalue weighted by molar-refractivity contribution is 5.95. The number of hydrogen-bond donors (Lipinski definition) is 0. The fourth-order valence-electron chi connectivity index (χ4n) is 3.77. The van der Waals surface area contributed by atoms with E-state index in [1.807, 2.05) is 23.1 Å². The van der Waals surface area contributed by atoms with Crippen LogP contribution in [0.15, 0.2) is 36.8 Å². The van der Waals surface area contributed by atoms with Crippen LogP contribution in [0.4, 0.5) is 11.8 Å². The number of piperazine rings is 1. The zero-order chi connectivity index (χ0) is 18.5. The van der Waals surface area contributed by atoms with Gasteiger partial charge in [-0.25, -0.2) is 15.0 Å². The summed E-state index contributed by atoms with van der Waals surface area (Å²) in [6, 6.07) is 5.60. The molecule has 0 aromatic carbocycles. The first-order valence-corrected chi connectivity index (χ1v) is 9.83. The molecule has 0 spiro atoms. The monoisotopic (exact) mass is 366 g/mol. The first-order chi connectivity index (χ1) is 13.3. The summed E-state index contributed by atoms with van der Waals surface area (Å²) in [5.74, 6) is 1.75. The van der Waals surface area contributed by atoms with Crippen molar-refractivity contribution in [3.8, 4) is 0 Å². The van der Waals surface area contributed by atoms with E-state index in [0.717, 1.165) is 43.5 Å². The molecule has 7 heteroatoms. The van der Waals surface area contributed by atoms with E-state index in [0.29, 0.717) is 13.1 Å². The van der Waals surface area contributed by atoms with E-state index in [9.17, 15) is 4.79 Å². The maximum Gasteiger partial charge on any atom is 0.254 e. The Morgan fingerprint density at radius 2 is 1.48 bits per heavy atom. The number of anilines is 2. The van der Waals surface area contributed by atoms with Gasteiger partial charge in [-0.15, -0.1) is 0 Å². The van der Waals surface area contributed by atoms with Gasteiger partial charge >= 0.3 is 0 Å². The second-order valence-corrected chi connectivity index (χ2v) is 7.13. The van der Waals surface area contributed by atoms with Gasteiger partial charge in [-0.05, 0) is 31.0 Å². The number of pyridine rings is 1. The molecule has 2 fully saturated rings. The van der Waals surface area contributed by atoms with Crippen LogP contribution in [0.1, 0.15) is 36.0 Å². The topological polar surface area (TPSA) is 65.5 Å². The lowest BCUT2D eigenvalue weighted by molar-refractivity contribution is 0.0746. The van der Waals surface area contributed by atoms with Crippen molar-refractivity contribution in [2.75, 3.05) is 49.1 Å². The second-order valence-electron chi connectivity index (χ2n) is 7.13. The maximum absolute atomic E-state index is 13.0. The van der Waals surface area contributed by atoms with E-state index in [2.05, 4.69) is 24.8 Å². The molecule has 4 heterocycles. The van der Waals surface area contributed by atoms with Gasteiger partial charge in [0.2, 0.25) is 5.95 Å². The number of carbonyl (C=O) groups is 1. The van der Waals surface area contributed by atoms with Gasteiger partial charge < -0.3 is 14.7 Å². The normalized spacial score (nSPS) is 18.3. The molecular formula is C20H26N6O. The molecule has 0 radical (unpaired) electrons. The Balaban J connectivity index is 1.40. The molecule has 7 nitrogen and oxygen atoms in total. The molecule has 4 rings (SSSR count). The molecule has 0 aliphatic carbocycles. The molecule has 0 atom stereocenters. The standard InChI is InChI=1S/C20H26N6O/c27-19(25-12-14-26(15-13-25)20-22-7-5-8-23-20)17-6-9-21-18(16-17)24-10-3-1-2-4-11-24/h5-9,16H,1-4,10-15H2. The molecule has 0 bridgehead atoms. The fourth-order valence-corrected chi connectivity index (χ4v) is 3.77. The summed E-state index contributed by atoms with van der Waals surface area (Å²) in [5.41, 5.74) is 0.730. The van der Waals surface area contributed by atoms with Crippen LogP contribution in [0, 0.1) is 0 Å². The highest BCUT2D eigenvalue weighted by atomic mass is 16.2. The van der Waals surface area contributed by atoms with Crippen molar-refractivity contribution in [2.45, 2.75) is 25.7 Å². The zero-order valence-electron chi connectivity index (χ0n) is 15.6. The average molecular weight is 366 g/mol. The van der Waals surface area contributed by atoms with E-state index in [4.69, 9.17) is 0 Å². The summed E-state index contributed by atoms with van der Waals surface area (Å²) < 4.78 is 0. The first-order valence-electron chi connectivity index (χ1n) is 9.83. The maximum atomic E-state index is 13.0. The number of hydrogen-bond acceptors (Lipinski definition) is 6. The van der Waals surface area contributed by atoms with E-state index < -0.39 is 0 Å². The molecule has 2 aromatic rings. The summed E-state index contributed by atoms with van der Waals surface area (Å²) in [6.07, 6.45) is 10.2. The highest BCUT2D eigenvalue weighted by Crippen LogP contribution is 2.20. The minimum atomic E-state index is 0.0853. The van der Waals surface area contributed by atoms with Gasteiger partial charge in [0.25, 0.3) is 5.91 Å². The predicted octanol–water partition coefficient (Wildman–Crippen LogP) is 2.21. The van der Waals surface area contributed by atoms with E-state index >= 15 is 0 Å². The Labute approximate surface area is 160 Å². The molecule has 0 N–H and O–H groups in total. The summed E-state index contributed by atoms with van der Waals surface area (Å²) in [7, 11) is 0. The third-order valence-corrected chi connectivity index (χ3v) is 5.32. The molecule has 1 amide bonds. The van der Waals surface area contributed by atoms with Crippen LogP contribution >= 0.6 is 0 Å². The van der Waals surface area contributed by atoms with Crippen molar-refractivity contribution in [1.29, 1.82) is 0 Å². The molecule has 2 saturated heterocycles. The number of aromatic nitrogens is 3. The van der Waals surface area contributed by atoms with Gasteiger partial charge in [0, 0.05) is 63.4 Å². The minimum Gasteiger partial charge on any atom is -0.357 e. The van der Waals surface area contributed by atoms with Crippen molar-refractivity contribution in [1.82, 2.24) is 19.9 Å². The predicted molar refractivity (Wildman–Crippen MR) is 105 cm³/mol. The van der Waals surface area contributed by atoms with Crippen LogP contribution in [-0.4, -0.2) is 65.0 Å². The third kappa shape index (κ3) is 4.18. The van der Waals surface area contributed by atoms with Crippen molar-refractivity contribution in [2.24, 2.45) is 0 Å². The third-order valence-electron chi connectivity index (χ3n) is 5.32. The van der Waals surface area contributed by atoms with Crippen molar-refractivity contribution in [3.63, 3.8) is 0 Å². The Bertz CT molecular complexity index is 752. The lowest BCUT2D eigenvalue weighted by atomic mass is 10.2. The fraction of sp³-hybridized carbons (Fsp3) is 0.500. The first kappa shape index (κ1) is 17.7. The van der Waals surface area contributed by atoms with Gasteiger partial charge in [-0.1, -0.05) is 12.8 Å². The Morgan fingerprint density at radius 1 is 0.778 bits per heavy atom. The van der Waals surface area contributed by atoms with Crippen LogP contribution in [0.25, 0.3) is 0 Å². The van der Waals surface area contributed by atoms with E-state index in [1.165, 1.54) is 25.7 Å². The van der Waals surface area contributed by atoms with Crippen LogP contribution < -0.4 is 9.80 Å². The number of carbonyl (C=O) groups excluding carboxylic acids is 1. The average Bonchev–Trinajstić information content (AvgIpc) is 3.04. The Hall–Kier alpha value is -2.70. The molecule has 27 heavy (non-hydrogen) atoms. The van der Waals surface area contributed by atoms with Crippen molar-refractivity contribution < 1.29 is 4.79 Å². The van der Waals surface area contributed by atoms with Gasteiger partial charge in [0.1, 0.15) is 5.82 Å². The van der Waals surface area contributed by atoms with Gasteiger partial charge in [-0.2, -0.15) is 0 Å². The van der Waals surface area contributed by atoms with Gasteiger partial charge in [0.05, 0.1) is 0 Å². The van der Waals surface area contributed by atoms with Crippen LogP contribution in [0.3, 0.4) is 0 Å². The van der Waals surface area contributed by atoms with Gasteiger partial charge in [-0.3, -0.25) is 4.79 Å². The van der Waals surface area contributed by atoms with Crippen LogP contribution in [0.5, 0.6) is 0 Å². The summed E-state index contributed by atoms with van der Waals surface area (Å²) >= 11 is 0. The lowest BCUT2D eigenvalue weighted by Gasteiger charge is -2.34. The van der Waals surface area contributed by atoms with E-state index in [1.54, 1.807) is 18.6 Å². The summed E-state index contributed by atoms with van der Waals surface area (Å²) in [6.45, 7) is 4.91. The molecule has 2 aromatic heterocycles. The molecule has 0 unspecified atom stereocenters. The highest BCUT2D eigenvalue weighted by Gasteiger charge is 2.24. The quantitative estimate of drug-likeness (QED) is 0.830. The molecular weight excluding hydrogens is 340 g/mol. The summed E-state index contributed by atoms with van der Waals surface area (Å²) in [5, 5.41) is 0. The number of amides is 1. The van der Waals surface area contributed by atoms with Gasteiger partial charge in [0.15, 0.2) is 0 Å². The smallest absolute Gasteiger partial charge is 0.254 e. The number of nitrogens with zero attached hydrogens (tertiary/aromatic N) is 6. The van der Waals surface area contributed by atoms with Crippen LogP contribution in [-0.2, 0) is 0 Å². The number of rotatable bonds is 3. The molecule has 142 valence electrons. The van der Waals surface area contributed by atoms with Crippen molar-refractivity contribution in [3.05, 3.63) is 42.4 Å². The lowest BCUT2D eigenvalue weighted by Crippen LogP contribution is -2.49. The minimum absolute atomic E-state index is 0.0853. The summed E-state index contributed by atoms with van der Waals surface area (Å²) in [4.78, 5) is 32.4. The SMILES string of the molecule is O=C(c1ccnc(N2CCCCCC2)c1)N1CCN(c2ncccn2)CC1. The molecule has 2 aliphatic rings. The Morgan fingerprint density at radius 3 is 2.19 bits per heavy atom. The second kappa shape index (κ2) is 8.33.